The lowest BCUT2D eigenvalue weighted by Gasteiger charge is -2.20. The van der Waals surface area contributed by atoms with Crippen molar-refractivity contribution in [3.63, 3.8) is 0 Å². The molecule has 3 unspecified atom stereocenters. The van der Waals surface area contributed by atoms with E-state index in [1.807, 2.05) is 24.3 Å². The summed E-state index contributed by atoms with van der Waals surface area (Å²) in [5, 5.41) is 29.5. The Hall–Kier alpha value is -0.990. The normalized spacial score (nSPS) is 25.5. The van der Waals surface area contributed by atoms with E-state index in [1.165, 1.54) is 14.2 Å². The number of halogens is 1. The average Bonchev–Trinajstić information content (AvgIpc) is 3.15. The molecule has 0 aromatic carbocycles. The third-order valence-corrected chi connectivity index (χ3v) is 7.88. The van der Waals surface area contributed by atoms with Crippen molar-refractivity contribution >= 4 is 33.2 Å². The largest absolute Gasteiger partial charge is 0.481 e. The molecule has 1 aliphatic carbocycles. The molecule has 0 spiro atoms. The summed E-state index contributed by atoms with van der Waals surface area (Å²) in [6.45, 7) is 2.09. The number of methoxy groups -OCH3 is 1. The summed E-state index contributed by atoms with van der Waals surface area (Å²) in [6.07, 6.45) is 11.2. The number of ether oxygens (including phenoxy) is 1. The predicted molar refractivity (Wildman–Crippen MR) is 124 cm³/mol. The van der Waals surface area contributed by atoms with E-state index in [4.69, 9.17) is 9.84 Å². The lowest BCUT2D eigenvalue weighted by atomic mass is 9.89. The molecule has 3 N–H and O–H groups in total. The number of carboxylic acid groups (broad SMARTS) is 1. The third-order valence-electron chi connectivity index (χ3n) is 5.69. The number of carbonyl (C=O) groups is 1. The first kappa shape index (κ1) is 25.3. The van der Waals surface area contributed by atoms with Crippen molar-refractivity contribution in [2.24, 2.45) is 11.8 Å². The Morgan fingerprint density at radius 1 is 1.37 bits per heavy atom. The van der Waals surface area contributed by atoms with Crippen LogP contribution in [0.5, 0.6) is 0 Å². The van der Waals surface area contributed by atoms with Crippen molar-refractivity contribution in [3.05, 3.63) is 44.6 Å². The van der Waals surface area contributed by atoms with Crippen molar-refractivity contribution in [2.45, 2.75) is 70.2 Å². The van der Waals surface area contributed by atoms with E-state index in [1.54, 1.807) is 18.4 Å². The Balaban J connectivity index is 1.88. The van der Waals surface area contributed by atoms with Gasteiger partial charge in [0.1, 0.15) is 0 Å². The van der Waals surface area contributed by atoms with E-state index in [9.17, 15) is 15.0 Å². The van der Waals surface area contributed by atoms with Gasteiger partial charge in [0, 0.05) is 30.7 Å². The SMILES string of the molecule is COC(/C=C/[C@H]1C(O)CC(O)[C@@H]1C/C=C\CCCC(=O)O)CCc1cc(C)c(Br)s1. The molecule has 1 aromatic rings. The van der Waals surface area contributed by atoms with E-state index in [0.717, 1.165) is 12.8 Å². The number of carboxylic acids is 1. The zero-order valence-corrected chi connectivity index (χ0v) is 20.1. The van der Waals surface area contributed by atoms with Gasteiger partial charge in [0.2, 0.25) is 0 Å². The van der Waals surface area contributed by atoms with Crippen molar-refractivity contribution in [3.8, 4) is 0 Å². The molecular weight excluding hydrogens is 468 g/mol. The fraction of sp³-hybridized carbons (Fsp3) is 0.609. The van der Waals surface area contributed by atoms with Crippen LogP contribution in [-0.4, -0.2) is 46.7 Å². The van der Waals surface area contributed by atoms with Gasteiger partial charge in [0.25, 0.3) is 0 Å². The first-order chi connectivity index (χ1) is 14.3. The van der Waals surface area contributed by atoms with E-state index in [2.05, 4.69) is 28.9 Å². The number of thiophene rings is 1. The summed E-state index contributed by atoms with van der Waals surface area (Å²) in [6, 6.07) is 2.20. The highest BCUT2D eigenvalue weighted by molar-refractivity contribution is 9.11. The van der Waals surface area contributed by atoms with Gasteiger partial charge >= 0.3 is 5.97 Å². The van der Waals surface area contributed by atoms with Gasteiger partial charge in [-0.1, -0.05) is 24.3 Å². The molecule has 0 amide bonds. The molecule has 0 aliphatic heterocycles. The molecule has 5 nitrogen and oxygen atoms in total. The number of hydrogen-bond acceptors (Lipinski definition) is 5. The molecule has 1 aliphatic rings. The Morgan fingerprint density at radius 2 is 2.13 bits per heavy atom. The Labute approximate surface area is 191 Å². The second kappa shape index (κ2) is 12.8. The molecule has 0 saturated heterocycles. The Morgan fingerprint density at radius 3 is 2.77 bits per heavy atom. The van der Waals surface area contributed by atoms with Crippen LogP contribution < -0.4 is 0 Å². The summed E-state index contributed by atoms with van der Waals surface area (Å²) >= 11 is 5.32. The van der Waals surface area contributed by atoms with Gasteiger partial charge in [-0.25, -0.2) is 0 Å². The van der Waals surface area contributed by atoms with Crippen molar-refractivity contribution in [2.75, 3.05) is 7.11 Å². The molecule has 1 heterocycles. The molecule has 168 valence electrons. The first-order valence-corrected chi connectivity index (χ1v) is 12.1. The number of allylic oxidation sites excluding steroid dienone is 2. The molecule has 1 saturated carbocycles. The summed E-state index contributed by atoms with van der Waals surface area (Å²) in [5.41, 5.74) is 1.25. The second-order valence-electron chi connectivity index (χ2n) is 7.97. The second-order valence-corrected chi connectivity index (χ2v) is 10.4. The minimum absolute atomic E-state index is 0.0386. The minimum Gasteiger partial charge on any atom is -0.481 e. The summed E-state index contributed by atoms with van der Waals surface area (Å²) < 4.78 is 6.78. The smallest absolute Gasteiger partial charge is 0.303 e. The van der Waals surface area contributed by atoms with Crippen LogP contribution in [0, 0.1) is 18.8 Å². The Kier molecular flexibility index (Phi) is 10.8. The van der Waals surface area contributed by atoms with Crippen LogP contribution in [0.15, 0.2) is 34.2 Å². The lowest BCUT2D eigenvalue weighted by molar-refractivity contribution is -0.137. The summed E-state index contributed by atoms with van der Waals surface area (Å²) in [7, 11) is 1.70. The minimum atomic E-state index is -0.780. The number of aliphatic hydroxyl groups excluding tert-OH is 2. The van der Waals surface area contributed by atoms with Gasteiger partial charge in [0.15, 0.2) is 0 Å². The van der Waals surface area contributed by atoms with Crippen LogP contribution in [0.3, 0.4) is 0 Å². The highest BCUT2D eigenvalue weighted by atomic mass is 79.9. The van der Waals surface area contributed by atoms with Gasteiger partial charge in [-0.15, -0.1) is 11.3 Å². The maximum absolute atomic E-state index is 10.6. The number of aliphatic hydroxyl groups is 2. The van der Waals surface area contributed by atoms with Gasteiger partial charge in [-0.2, -0.15) is 0 Å². The maximum Gasteiger partial charge on any atom is 0.303 e. The molecule has 5 atom stereocenters. The zero-order valence-electron chi connectivity index (χ0n) is 17.7. The average molecular weight is 501 g/mol. The van der Waals surface area contributed by atoms with Crippen LogP contribution in [0.4, 0.5) is 0 Å². The molecule has 0 bridgehead atoms. The predicted octanol–water partition coefficient (Wildman–Crippen LogP) is 4.88. The fourth-order valence-corrected chi connectivity index (χ4v) is 5.57. The zero-order chi connectivity index (χ0) is 22.1. The standard InChI is InChI=1S/C23H33BrO5S/c1-15-13-17(30-23(15)24)11-9-16(29-2)10-12-19-18(20(25)14-21(19)26)7-5-3-4-6-8-22(27)28/h3,5,10,12-13,16,18-21,25-26H,4,6-9,11,14H2,1-2H3,(H,27,28)/b5-3-,12-10+/t16?,18-,19-,20?,21?/m1/s1. The van der Waals surface area contributed by atoms with Gasteiger partial charge in [0.05, 0.1) is 22.1 Å². The molecule has 7 heteroatoms. The van der Waals surface area contributed by atoms with Crippen LogP contribution in [0.2, 0.25) is 0 Å². The van der Waals surface area contributed by atoms with Crippen molar-refractivity contribution < 1.29 is 24.9 Å². The molecule has 30 heavy (non-hydrogen) atoms. The Bertz CT molecular complexity index is 710. The third kappa shape index (κ3) is 7.93. The quantitative estimate of drug-likeness (QED) is 0.281. The highest BCUT2D eigenvalue weighted by Crippen LogP contribution is 2.36. The van der Waals surface area contributed by atoms with Gasteiger partial charge in [-0.05, 0) is 72.5 Å². The highest BCUT2D eigenvalue weighted by Gasteiger charge is 2.39. The van der Waals surface area contributed by atoms with Crippen LogP contribution in [-0.2, 0) is 16.0 Å². The van der Waals surface area contributed by atoms with Gasteiger partial charge < -0.3 is 20.1 Å². The number of aryl methyl sites for hydroxylation is 2. The monoisotopic (exact) mass is 500 g/mol. The molecule has 1 aromatic heterocycles. The van der Waals surface area contributed by atoms with Crippen molar-refractivity contribution in [1.82, 2.24) is 0 Å². The lowest BCUT2D eigenvalue weighted by Crippen LogP contribution is -2.20. The van der Waals surface area contributed by atoms with Crippen molar-refractivity contribution in [1.29, 1.82) is 0 Å². The topological polar surface area (TPSA) is 87.0 Å². The van der Waals surface area contributed by atoms with Crippen LogP contribution in [0.1, 0.15) is 49.0 Å². The maximum atomic E-state index is 10.6. The van der Waals surface area contributed by atoms with Gasteiger partial charge in [-0.3, -0.25) is 4.79 Å². The molecule has 2 rings (SSSR count). The molecule has 1 fully saturated rings. The summed E-state index contributed by atoms with van der Waals surface area (Å²) in [5.74, 6) is -0.933. The van der Waals surface area contributed by atoms with E-state index < -0.39 is 18.2 Å². The number of unbranched alkanes of at least 4 members (excludes halogenated alkanes) is 1. The first-order valence-electron chi connectivity index (χ1n) is 10.5. The van der Waals surface area contributed by atoms with E-state index >= 15 is 0 Å². The molecular formula is C23H33BrO5S. The fourth-order valence-electron chi connectivity index (χ4n) is 3.92. The summed E-state index contributed by atoms with van der Waals surface area (Å²) in [4.78, 5) is 11.9. The molecule has 0 radical (unpaired) electrons. The van der Waals surface area contributed by atoms with Crippen LogP contribution >= 0.6 is 27.3 Å². The van der Waals surface area contributed by atoms with Crippen LogP contribution in [0.25, 0.3) is 0 Å². The van der Waals surface area contributed by atoms with E-state index in [-0.39, 0.29) is 24.4 Å². The number of rotatable bonds is 12. The van der Waals surface area contributed by atoms with E-state index in [0.29, 0.717) is 25.7 Å². The number of aliphatic carboxylic acids is 1. The number of hydrogen-bond donors (Lipinski definition) is 3.